The molecule has 1 aromatic heterocycles. The predicted octanol–water partition coefficient (Wildman–Crippen LogP) is 1.24. The maximum Gasteiger partial charge on any atom is 0.254 e. The number of aromatic nitrogens is 2. The second-order valence-corrected chi connectivity index (χ2v) is 4.64. The van der Waals surface area contributed by atoms with Gasteiger partial charge >= 0.3 is 0 Å². The van der Waals surface area contributed by atoms with Gasteiger partial charge in [-0.1, -0.05) is 30.3 Å². The van der Waals surface area contributed by atoms with E-state index in [1.165, 1.54) is 6.20 Å². The Labute approximate surface area is 118 Å². The number of carbonyl (C=O) groups excluding carboxylic acids is 1. The third kappa shape index (κ3) is 3.93. The summed E-state index contributed by atoms with van der Waals surface area (Å²) in [5.41, 5.74) is 1.56. The molecule has 1 heterocycles. The van der Waals surface area contributed by atoms with Crippen molar-refractivity contribution in [3.8, 4) is 0 Å². The smallest absolute Gasteiger partial charge is 0.254 e. The average Bonchev–Trinajstić information content (AvgIpc) is 2.95. The lowest BCUT2D eigenvalue weighted by atomic mass is 10.1. The van der Waals surface area contributed by atoms with Crippen LogP contribution in [0.15, 0.2) is 42.7 Å². The minimum absolute atomic E-state index is 0.211. The summed E-state index contributed by atoms with van der Waals surface area (Å²) in [5, 5.41) is 16.7. The van der Waals surface area contributed by atoms with Crippen molar-refractivity contribution >= 4 is 5.91 Å². The van der Waals surface area contributed by atoms with Gasteiger partial charge in [-0.2, -0.15) is 5.10 Å². The lowest BCUT2D eigenvalue weighted by Gasteiger charge is -2.11. The van der Waals surface area contributed by atoms with Gasteiger partial charge in [-0.05, 0) is 12.5 Å². The normalized spacial score (nSPS) is 12.1. The van der Waals surface area contributed by atoms with Crippen LogP contribution < -0.4 is 5.32 Å². The molecule has 0 radical (unpaired) electrons. The first-order valence-corrected chi connectivity index (χ1v) is 6.71. The fourth-order valence-electron chi connectivity index (χ4n) is 1.92. The molecule has 2 aromatic rings. The molecular weight excluding hydrogens is 254 g/mol. The van der Waals surface area contributed by atoms with Crippen molar-refractivity contribution in [2.75, 3.05) is 6.54 Å². The summed E-state index contributed by atoms with van der Waals surface area (Å²) >= 11 is 0. The number of nitrogens with zero attached hydrogens (tertiary/aromatic N) is 2. The monoisotopic (exact) mass is 273 g/mol. The van der Waals surface area contributed by atoms with E-state index in [0.717, 1.165) is 12.1 Å². The number of aliphatic hydroxyl groups excluding tert-OH is 1. The highest BCUT2D eigenvalue weighted by molar-refractivity contribution is 5.93. The Hall–Kier alpha value is -2.14. The van der Waals surface area contributed by atoms with Crippen molar-refractivity contribution < 1.29 is 9.90 Å². The van der Waals surface area contributed by atoms with Gasteiger partial charge in [0.2, 0.25) is 0 Å². The summed E-state index contributed by atoms with van der Waals surface area (Å²) in [6.45, 7) is 2.91. The second-order valence-electron chi connectivity index (χ2n) is 4.64. The van der Waals surface area contributed by atoms with Gasteiger partial charge in [0.1, 0.15) is 0 Å². The molecule has 2 rings (SSSR count). The predicted molar refractivity (Wildman–Crippen MR) is 76.4 cm³/mol. The summed E-state index contributed by atoms with van der Waals surface area (Å²) in [6, 6.07) is 9.70. The molecule has 1 unspecified atom stereocenters. The number of benzene rings is 1. The molecule has 0 aliphatic rings. The number of nitrogens with one attached hydrogen (secondary N) is 1. The van der Waals surface area contributed by atoms with Gasteiger partial charge < -0.3 is 10.4 Å². The Morgan fingerprint density at radius 3 is 2.80 bits per heavy atom. The summed E-state index contributed by atoms with van der Waals surface area (Å²) in [5.74, 6) is -0.211. The van der Waals surface area contributed by atoms with Crippen molar-refractivity contribution in [3.63, 3.8) is 0 Å². The highest BCUT2D eigenvalue weighted by atomic mass is 16.3. The fraction of sp³-hybridized carbons (Fsp3) is 0.333. The molecule has 5 heteroatoms. The first kappa shape index (κ1) is 14.3. The molecule has 5 nitrogen and oxygen atoms in total. The molecule has 106 valence electrons. The van der Waals surface area contributed by atoms with Crippen molar-refractivity contribution in [1.29, 1.82) is 0 Å². The number of rotatable bonds is 6. The zero-order valence-corrected chi connectivity index (χ0v) is 11.5. The van der Waals surface area contributed by atoms with E-state index < -0.39 is 6.10 Å². The van der Waals surface area contributed by atoms with E-state index in [9.17, 15) is 9.90 Å². The first-order chi connectivity index (χ1) is 9.69. The van der Waals surface area contributed by atoms with Gasteiger partial charge in [0.05, 0.1) is 17.9 Å². The standard InChI is InChI=1S/C15H19N3O2/c1-2-18-11-13(9-17-18)15(20)16-10-14(19)8-12-6-4-3-5-7-12/h3-7,9,11,14,19H,2,8,10H2,1H3,(H,16,20). The van der Waals surface area contributed by atoms with Gasteiger partial charge in [-0.15, -0.1) is 0 Å². The van der Waals surface area contributed by atoms with E-state index in [0.29, 0.717) is 12.0 Å². The van der Waals surface area contributed by atoms with Crippen LogP contribution in [0.25, 0.3) is 0 Å². The summed E-state index contributed by atoms with van der Waals surface area (Å²) in [6.07, 6.45) is 3.15. The van der Waals surface area contributed by atoms with Crippen LogP contribution in [-0.4, -0.2) is 33.4 Å². The van der Waals surface area contributed by atoms with Crippen LogP contribution in [0.4, 0.5) is 0 Å². The van der Waals surface area contributed by atoms with Crippen LogP contribution in [0.1, 0.15) is 22.8 Å². The number of hydrogen-bond donors (Lipinski definition) is 2. The van der Waals surface area contributed by atoms with Crippen molar-refractivity contribution in [1.82, 2.24) is 15.1 Å². The molecule has 0 saturated heterocycles. The molecule has 0 spiro atoms. The van der Waals surface area contributed by atoms with Crippen LogP contribution in [0, 0.1) is 0 Å². The lowest BCUT2D eigenvalue weighted by molar-refractivity contribution is 0.0916. The first-order valence-electron chi connectivity index (χ1n) is 6.71. The minimum atomic E-state index is -0.595. The van der Waals surface area contributed by atoms with Crippen LogP contribution in [0.5, 0.6) is 0 Å². The molecule has 0 saturated carbocycles. The second kappa shape index (κ2) is 6.86. The molecule has 1 atom stereocenters. The van der Waals surface area contributed by atoms with Crippen LogP contribution in [0.2, 0.25) is 0 Å². The lowest BCUT2D eigenvalue weighted by Crippen LogP contribution is -2.33. The minimum Gasteiger partial charge on any atom is -0.391 e. The largest absolute Gasteiger partial charge is 0.391 e. The van der Waals surface area contributed by atoms with E-state index >= 15 is 0 Å². The topological polar surface area (TPSA) is 67.2 Å². The van der Waals surface area contributed by atoms with Gasteiger partial charge in [-0.3, -0.25) is 9.48 Å². The number of amides is 1. The van der Waals surface area contributed by atoms with E-state index in [1.807, 2.05) is 37.3 Å². The molecule has 1 amide bonds. The van der Waals surface area contributed by atoms with Crippen molar-refractivity contribution in [2.24, 2.45) is 0 Å². The van der Waals surface area contributed by atoms with E-state index in [-0.39, 0.29) is 12.5 Å². The molecule has 2 N–H and O–H groups in total. The van der Waals surface area contributed by atoms with Crippen molar-refractivity contribution in [3.05, 3.63) is 53.9 Å². The van der Waals surface area contributed by atoms with Crippen LogP contribution in [-0.2, 0) is 13.0 Å². The average molecular weight is 273 g/mol. The SMILES string of the molecule is CCn1cc(C(=O)NCC(O)Cc2ccccc2)cn1. The maximum absolute atomic E-state index is 11.9. The van der Waals surface area contributed by atoms with Gasteiger partial charge in [0.15, 0.2) is 0 Å². The maximum atomic E-state index is 11.9. The van der Waals surface area contributed by atoms with E-state index in [1.54, 1.807) is 10.9 Å². The molecule has 0 aliphatic carbocycles. The highest BCUT2D eigenvalue weighted by Gasteiger charge is 2.11. The highest BCUT2D eigenvalue weighted by Crippen LogP contribution is 2.03. The Kier molecular flexibility index (Phi) is 4.90. The number of hydrogen-bond acceptors (Lipinski definition) is 3. The zero-order valence-electron chi connectivity index (χ0n) is 11.5. The molecule has 0 fully saturated rings. The van der Waals surface area contributed by atoms with E-state index in [2.05, 4.69) is 10.4 Å². The molecular formula is C15H19N3O2. The van der Waals surface area contributed by atoms with Gasteiger partial charge in [0, 0.05) is 25.7 Å². The summed E-state index contributed by atoms with van der Waals surface area (Å²) in [4.78, 5) is 11.9. The molecule has 0 bridgehead atoms. The molecule has 20 heavy (non-hydrogen) atoms. The van der Waals surface area contributed by atoms with Crippen LogP contribution in [0.3, 0.4) is 0 Å². The number of aliphatic hydroxyl groups is 1. The quantitative estimate of drug-likeness (QED) is 0.832. The van der Waals surface area contributed by atoms with Gasteiger partial charge in [0.25, 0.3) is 5.91 Å². The fourth-order valence-corrected chi connectivity index (χ4v) is 1.92. The Balaban J connectivity index is 1.81. The third-order valence-corrected chi connectivity index (χ3v) is 3.03. The molecule has 1 aromatic carbocycles. The number of carbonyl (C=O) groups is 1. The molecule has 0 aliphatic heterocycles. The number of aryl methyl sites for hydroxylation is 1. The van der Waals surface area contributed by atoms with Crippen LogP contribution >= 0.6 is 0 Å². The third-order valence-electron chi connectivity index (χ3n) is 3.03. The van der Waals surface area contributed by atoms with Crippen molar-refractivity contribution in [2.45, 2.75) is 26.0 Å². The zero-order chi connectivity index (χ0) is 14.4. The summed E-state index contributed by atoms with van der Waals surface area (Å²) < 4.78 is 1.69. The Bertz CT molecular complexity index is 551. The Morgan fingerprint density at radius 2 is 2.15 bits per heavy atom. The summed E-state index contributed by atoms with van der Waals surface area (Å²) in [7, 11) is 0. The Morgan fingerprint density at radius 1 is 1.40 bits per heavy atom. The van der Waals surface area contributed by atoms with Gasteiger partial charge in [-0.25, -0.2) is 0 Å². The van der Waals surface area contributed by atoms with E-state index in [4.69, 9.17) is 0 Å².